The van der Waals surface area contributed by atoms with Gasteiger partial charge in [-0.3, -0.25) is 9.59 Å². The van der Waals surface area contributed by atoms with Gasteiger partial charge >= 0.3 is 11.9 Å². The molecule has 6 rings (SSSR count). The summed E-state index contributed by atoms with van der Waals surface area (Å²) < 4.78 is 18.6. The molecule has 0 radical (unpaired) electrons. The van der Waals surface area contributed by atoms with Gasteiger partial charge in [-0.1, -0.05) is 39.3 Å². The molecule has 290 valence electrons. The van der Waals surface area contributed by atoms with Gasteiger partial charge in [0.25, 0.3) is 0 Å². The van der Waals surface area contributed by atoms with E-state index in [0.29, 0.717) is 41.8 Å². The fraction of sp³-hybridized carbons (Fsp3) is 0.619. The van der Waals surface area contributed by atoms with Crippen LogP contribution in [0.3, 0.4) is 0 Å². The molecule has 9 atom stereocenters. The first-order valence-corrected chi connectivity index (χ1v) is 25.7. The van der Waals surface area contributed by atoms with Gasteiger partial charge in [0.1, 0.15) is 6.10 Å². The number of carbonyl (C=O) groups is 2. The van der Waals surface area contributed by atoms with Crippen molar-refractivity contribution in [1.29, 1.82) is 0 Å². The number of hydrogen-bond acceptors (Lipinski definition) is 5. The highest BCUT2D eigenvalue weighted by Gasteiger charge is 2.59. The Morgan fingerprint density at radius 1 is 0.925 bits per heavy atom. The Kier molecular flexibility index (Phi) is 15.1. The summed E-state index contributed by atoms with van der Waals surface area (Å²) in [4.78, 5) is 26.5. The maximum absolute atomic E-state index is 13.6. The SMILES string of the molecule is CCC(Cc1c(I)cc(I)c(N)c1I)C(=O)O[C@H]1CC[C@@]2(C)C(=CCC3C2CC[C@@]2(C)C3CC[C@@H]2[C@H](C)CCCC(=O)Oc2c(I)cc(I)cc2I)C1. The van der Waals surface area contributed by atoms with E-state index in [0.717, 1.165) is 73.9 Å². The topological polar surface area (TPSA) is 78.6 Å². The first kappa shape index (κ1) is 43.9. The van der Waals surface area contributed by atoms with E-state index in [-0.39, 0.29) is 29.4 Å². The summed E-state index contributed by atoms with van der Waals surface area (Å²) in [5.74, 6) is 3.91. The molecule has 0 saturated heterocycles. The number of allylic oxidation sites excluding steroid dienone is 1. The van der Waals surface area contributed by atoms with Crippen molar-refractivity contribution in [3.05, 3.63) is 56.8 Å². The van der Waals surface area contributed by atoms with E-state index in [1.165, 1.54) is 41.2 Å². The second-order valence-electron chi connectivity index (χ2n) is 16.7. The molecule has 4 aliphatic carbocycles. The van der Waals surface area contributed by atoms with Crippen molar-refractivity contribution in [2.75, 3.05) is 5.73 Å². The standard InChI is InChI=1S/C42H51I6NO4/c1-5-23(17-28-32(44)21-33(45)38(49)37(28)48)40(51)52-26-13-15-41(3)24(18-26)9-10-27-30-12-11-29(42(30,4)16-14-31(27)41)22(2)7-6-8-36(50)53-39-34(46)19-25(43)20-35(39)47/h9,19-23,26-27,29-31H,5-8,10-18,49H2,1-4H3/t22-,23?,26+,27?,29-,30?,31?,41+,42-/m1/s1. The van der Waals surface area contributed by atoms with Crippen LogP contribution in [0.2, 0.25) is 0 Å². The molecule has 53 heavy (non-hydrogen) atoms. The van der Waals surface area contributed by atoms with Crippen LogP contribution in [0.4, 0.5) is 5.69 Å². The predicted octanol–water partition coefficient (Wildman–Crippen LogP) is 13.4. The van der Waals surface area contributed by atoms with Crippen molar-refractivity contribution in [3.63, 3.8) is 0 Å². The number of esters is 2. The Labute approximate surface area is 398 Å². The Morgan fingerprint density at radius 3 is 2.34 bits per heavy atom. The zero-order valence-corrected chi connectivity index (χ0v) is 44.0. The number of benzene rings is 2. The fourth-order valence-electron chi connectivity index (χ4n) is 11.0. The smallest absolute Gasteiger partial charge is 0.311 e. The Hall–Kier alpha value is 1.30. The van der Waals surface area contributed by atoms with Crippen molar-refractivity contribution in [1.82, 2.24) is 0 Å². The summed E-state index contributed by atoms with van der Waals surface area (Å²) in [5.41, 5.74) is 10.5. The highest BCUT2D eigenvalue weighted by Crippen LogP contribution is 2.67. The van der Waals surface area contributed by atoms with E-state index in [1.807, 2.05) is 0 Å². The van der Waals surface area contributed by atoms with Crippen LogP contribution in [0.1, 0.15) is 110 Å². The number of nitrogens with two attached hydrogens (primary N) is 1. The van der Waals surface area contributed by atoms with E-state index < -0.39 is 0 Å². The van der Waals surface area contributed by atoms with Gasteiger partial charge in [-0.15, -0.1) is 0 Å². The number of nitrogen functional groups attached to an aromatic ring is 1. The van der Waals surface area contributed by atoms with Crippen LogP contribution in [0.15, 0.2) is 29.8 Å². The minimum atomic E-state index is -0.163. The number of carbonyl (C=O) groups excluding carboxylic acids is 2. The number of halogens is 6. The number of fused-ring (bicyclic) bond motifs is 5. The lowest BCUT2D eigenvalue weighted by Crippen LogP contribution is -2.51. The molecule has 4 aliphatic rings. The van der Waals surface area contributed by atoms with E-state index >= 15 is 0 Å². The first-order valence-electron chi connectivity index (χ1n) is 19.2. The van der Waals surface area contributed by atoms with Crippen molar-refractivity contribution < 1.29 is 19.1 Å². The van der Waals surface area contributed by atoms with Gasteiger partial charge < -0.3 is 15.2 Å². The average Bonchev–Trinajstić information content (AvgIpc) is 3.46. The third-order valence-electron chi connectivity index (χ3n) is 13.9. The van der Waals surface area contributed by atoms with Gasteiger partial charge in [0.2, 0.25) is 0 Å². The monoisotopic (exact) mass is 1390 g/mol. The summed E-state index contributed by atoms with van der Waals surface area (Å²) in [5, 5.41) is 0. The molecule has 0 aromatic heterocycles. The summed E-state index contributed by atoms with van der Waals surface area (Å²) in [6, 6.07) is 6.23. The van der Waals surface area contributed by atoms with Gasteiger partial charge in [0.05, 0.1) is 18.7 Å². The summed E-state index contributed by atoms with van der Waals surface area (Å²) in [6.07, 6.45) is 15.8. The molecule has 2 aromatic carbocycles. The van der Waals surface area contributed by atoms with E-state index in [1.54, 1.807) is 5.57 Å². The molecule has 0 aliphatic heterocycles. The van der Waals surface area contributed by atoms with Gasteiger partial charge in [-0.2, -0.15) is 0 Å². The zero-order valence-electron chi connectivity index (χ0n) is 31.0. The van der Waals surface area contributed by atoms with Crippen LogP contribution < -0.4 is 10.5 Å². The quantitative estimate of drug-likeness (QED) is 0.0797. The van der Waals surface area contributed by atoms with Crippen LogP contribution >= 0.6 is 136 Å². The predicted molar refractivity (Wildman–Crippen MR) is 265 cm³/mol. The highest BCUT2D eigenvalue weighted by atomic mass is 127. The van der Waals surface area contributed by atoms with Crippen LogP contribution in [-0.4, -0.2) is 18.0 Å². The number of hydrogen-bond donors (Lipinski definition) is 1. The third kappa shape index (κ3) is 9.23. The van der Waals surface area contributed by atoms with Crippen LogP contribution in [0, 0.1) is 67.8 Å². The minimum absolute atomic E-state index is 0.0287. The van der Waals surface area contributed by atoms with E-state index in [2.05, 4.69) is 188 Å². The summed E-state index contributed by atoms with van der Waals surface area (Å²) in [7, 11) is 0. The second-order valence-corrected chi connectivity index (χ2v) is 23.7. The molecule has 2 N–H and O–H groups in total. The molecule has 5 nitrogen and oxygen atoms in total. The molecule has 0 spiro atoms. The van der Waals surface area contributed by atoms with Gasteiger partial charge in [0.15, 0.2) is 5.75 Å². The van der Waals surface area contributed by atoms with Crippen molar-refractivity contribution >= 4 is 153 Å². The molecule has 3 fully saturated rings. The Morgan fingerprint density at radius 2 is 1.64 bits per heavy atom. The lowest BCUT2D eigenvalue weighted by atomic mass is 9.47. The summed E-state index contributed by atoms with van der Waals surface area (Å²) >= 11 is 13.8. The first-order chi connectivity index (χ1) is 25.1. The maximum atomic E-state index is 13.6. The molecule has 3 saturated carbocycles. The van der Waals surface area contributed by atoms with Crippen LogP contribution in [0.5, 0.6) is 5.75 Å². The van der Waals surface area contributed by atoms with Crippen molar-refractivity contribution in [2.45, 2.75) is 117 Å². The normalized spacial score (nSPS) is 30.4. The molecule has 0 heterocycles. The lowest BCUT2D eigenvalue weighted by Gasteiger charge is -2.58. The third-order valence-corrected chi connectivity index (χ3v) is 19.2. The number of anilines is 1. The maximum Gasteiger partial charge on any atom is 0.311 e. The summed E-state index contributed by atoms with van der Waals surface area (Å²) in [6.45, 7) is 9.71. The average molecular weight is 1400 g/mol. The largest absolute Gasteiger partial charge is 0.462 e. The molecular formula is C42H51I6NO4. The minimum Gasteiger partial charge on any atom is -0.462 e. The molecule has 11 heteroatoms. The molecule has 0 bridgehead atoms. The fourth-order valence-corrected chi connectivity index (χ4v) is 18.6. The van der Waals surface area contributed by atoms with E-state index in [4.69, 9.17) is 15.2 Å². The highest BCUT2D eigenvalue weighted by molar-refractivity contribution is 14.1. The molecule has 2 aromatic rings. The molecular weight excluding hydrogens is 1340 g/mol. The number of rotatable bonds is 11. The van der Waals surface area contributed by atoms with Gasteiger partial charge in [-0.05, 0) is 270 Å². The van der Waals surface area contributed by atoms with E-state index in [9.17, 15) is 9.59 Å². The van der Waals surface area contributed by atoms with Gasteiger partial charge in [-0.25, -0.2) is 0 Å². The Bertz CT molecular complexity index is 1740. The zero-order chi connectivity index (χ0) is 38.4. The lowest BCUT2D eigenvalue weighted by molar-refractivity contribution is -0.156. The van der Waals surface area contributed by atoms with Crippen LogP contribution in [0.25, 0.3) is 0 Å². The molecule has 4 unspecified atom stereocenters. The van der Waals surface area contributed by atoms with Crippen molar-refractivity contribution in [3.8, 4) is 5.75 Å². The van der Waals surface area contributed by atoms with Gasteiger partial charge in [0, 0.05) is 27.1 Å². The molecule has 0 amide bonds. The Balaban J connectivity index is 1.04. The van der Waals surface area contributed by atoms with Crippen LogP contribution in [-0.2, 0) is 20.7 Å². The van der Waals surface area contributed by atoms with Crippen molar-refractivity contribution in [2.24, 2.45) is 46.3 Å². The second kappa shape index (κ2) is 18.3. The number of ether oxygens (including phenoxy) is 2.